The van der Waals surface area contributed by atoms with E-state index in [-0.39, 0.29) is 18.0 Å². The zero-order valence-corrected chi connectivity index (χ0v) is 12.7. The molecule has 0 heterocycles. The van der Waals surface area contributed by atoms with Gasteiger partial charge in [0.25, 0.3) is 0 Å². The zero-order valence-electron chi connectivity index (χ0n) is 12.7. The monoisotopic (exact) mass is 264 g/mol. The van der Waals surface area contributed by atoms with Gasteiger partial charge >= 0.3 is 5.97 Å². The summed E-state index contributed by atoms with van der Waals surface area (Å²) in [5.41, 5.74) is 0.331. The molecule has 0 amide bonds. The summed E-state index contributed by atoms with van der Waals surface area (Å²) < 4.78 is 5.85. The number of carbonyl (C=O) groups excluding carboxylic acids is 1. The van der Waals surface area contributed by atoms with Gasteiger partial charge in [0.05, 0.1) is 5.92 Å². The molecule has 19 heavy (non-hydrogen) atoms. The Morgan fingerprint density at radius 2 is 1.58 bits per heavy atom. The van der Waals surface area contributed by atoms with E-state index < -0.39 is 0 Å². The molecule has 2 nitrogen and oxygen atoms in total. The molecule has 2 heteroatoms. The fourth-order valence-electron chi connectivity index (χ4n) is 5.26. The molecule has 2 atom stereocenters. The topological polar surface area (TPSA) is 26.3 Å². The van der Waals surface area contributed by atoms with Crippen LogP contribution in [0.15, 0.2) is 0 Å². The molecule has 4 aliphatic carbocycles. The molecule has 0 radical (unpaired) electrons. The molecule has 0 aromatic rings. The Labute approximate surface area is 117 Å². The number of hydrogen-bond acceptors (Lipinski definition) is 2. The number of rotatable bonds is 4. The van der Waals surface area contributed by atoms with Gasteiger partial charge in [-0.2, -0.15) is 0 Å². The number of hydrogen-bond donors (Lipinski definition) is 0. The van der Waals surface area contributed by atoms with Gasteiger partial charge in [-0.3, -0.25) is 4.79 Å². The van der Waals surface area contributed by atoms with Crippen LogP contribution < -0.4 is 0 Å². The van der Waals surface area contributed by atoms with Gasteiger partial charge in [-0.1, -0.05) is 13.8 Å². The highest BCUT2D eigenvalue weighted by Crippen LogP contribution is 2.61. The second-order valence-corrected chi connectivity index (χ2v) is 7.67. The van der Waals surface area contributed by atoms with Gasteiger partial charge in [0.2, 0.25) is 0 Å². The van der Waals surface area contributed by atoms with Crippen LogP contribution >= 0.6 is 0 Å². The van der Waals surface area contributed by atoms with Crippen molar-refractivity contribution in [2.24, 2.45) is 29.1 Å². The lowest BCUT2D eigenvalue weighted by Gasteiger charge is -2.58. The van der Waals surface area contributed by atoms with E-state index >= 15 is 0 Å². The lowest BCUT2D eigenvalue weighted by Crippen LogP contribution is -2.52. The highest BCUT2D eigenvalue weighted by molar-refractivity contribution is 5.72. The molecule has 0 aliphatic heterocycles. The fourth-order valence-corrected chi connectivity index (χ4v) is 5.26. The van der Waals surface area contributed by atoms with Gasteiger partial charge in [-0.05, 0) is 69.6 Å². The van der Waals surface area contributed by atoms with Gasteiger partial charge in [-0.25, -0.2) is 0 Å². The van der Waals surface area contributed by atoms with E-state index in [1.807, 2.05) is 6.92 Å². The molecule has 2 unspecified atom stereocenters. The second kappa shape index (κ2) is 4.79. The summed E-state index contributed by atoms with van der Waals surface area (Å²) in [6, 6.07) is 0. The molecule has 4 bridgehead atoms. The summed E-state index contributed by atoms with van der Waals surface area (Å²) in [5.74, 6) is 2.85. The van der Waals surface area contributed by atoms with Crippen LogP contribution in [0.3, 0.4) is 0 Å². The molecular formula is C17H28O2. The maximum atomic E-state index is 12.1. The van der Waals surface area contributed by atoms with E-state index in [0.29, 0.717) is 5.41 Å². The Morgan fingerprint density at radius 1 is 1.11 bits per heavy atom. The lowest BCUT2D eigenvalue weighted by molar-refractivity contribution is -0.174. The minimum atomic E-state index is 0.0192. The van der Waals surface area contributed by atoms with E-state index in [2.05, 4.69) is 13.8 Å². The standard InChI is InChI=1S/C17H28O2/c1-4-11(2)16(18)19-12(3)17-8-13-5-14(9-17)7-15(6-13)10-17/h11-15H,4-10H2,1-3H3. The third-order valence-corrected chi connectivity index (χ3v) is 6.26. The van der Waals surface area contributed by atoms with Crippen molar-refractivity contribution in [3.05, 3.63) is 0 Å². The van der Waals surface area contributed by atoms with Gasteiger partial charge in [-0.15, -0.1) is 0 Å². The average molecular weight is 264 g/mol. The number of carbonyl (C=O) groups is 1. The maximum Gasteiger partial charge on any atom is 0.308 e. The predicted octanol–water partition coefficient (Wildman–Crippen LogP) is 4.18. The van der Waals surface area contributed by atoms with E-state index in [9.17, 15) is 4.79 Å². The Kier molecular flexibility index (Phi) is 3.39. The van der Waals surface area contributed by atoms with Crippen molar-refractivity contribution in [2.45, 2.75) is 71.8 Å². The van der Waals surface area contributed by atoms with Crippen LogP contribution in [0.2, 0.25) is 0 Å². The van der Waals surface area contributed by atoms with Crippen LogP contribution in [0.5, 0.6) is 0 Å². The predicted molar refractivity (Wildman–Crippen MR) is 75.6 cm³/mol. The highest BCUT2D eigenvalue weighted by atomic mass is 16.5. The smallest absolute Gasteiger partial charge is 0.308 e. The fraction of sp³-hybridized carbons (Fsp3) is 0.941. The zero-order chi connectivity index (χ0) is 13.6. The molecule has 0 N–H and O–H groups in total. The third-order valence-electron chi connectivity index (χ3n) is 6.26. The minimum absolute atomic E-state index is 0.0192. The summed E-state index contributed by atoms with van der Waals surface area (Å²) in [4.78, 5) is 12.1. The van der Waals surface area contributed by atoms with Gasteiger partial charge in [0.1, 0.15) is 6.10 Å². The summed E-state index contributed by atoms with van der Waals surface area (Å²) in [5, 5.41) is 0. The Morgan fingerprint density at radius 3 is 2.00 bits per heavy atom. The Balaban J connectivity index is 1.69. The quantitative estimate of drug-likeness (QED) is 0.712. The van der Waals surface area contributed by atoms with E-state index in [1.165, 1.54) is 38.5 Å². The normalized spacial score (nSPS) is 43.0. The van der Waals surface area contributed by atoms with Crippen LogP contribution in [0.1, 0.15) is 65.7 Å². The largest absolute Gasteiger partial charge is 0.462 e. The van der Waals surface area contributed by atoms with Crippen molar-refractivity contribution < 1.29 is 9.53 Å². The molecule has 4 rings (SSSR count). The van der Waals surface area contributed by atoms with E-state index in [4.69, 9.17) is 4.74 Å². The van der Waals surface area contributed by atoms with E-state index in [1.54, 1.807) is 0 Å². The van der Waals surface area contributed by atoms with Crippen LogP contribution in [0.4, 0.5) is 0 Å². The second-order valence-electron chi connectivity index (χ2n) is 7.67. The van der Waals surface area contributed by atoms with Gasteiger partial charge in [0, 0.05) is 5.41 Å². The molecule has 0 aromatic heterocycles. The average Bonchev–Trinajstić information content (AvgIpc) is 2.36. The van der Waals surface area contributed by atoms with Crippen LogP contribution in [0.25, 0.3) is 0 Å². The van der Waals surface area contributed by atoms with Gasteiger partial charge in [0.15, 0.2) is 0 Å². The first-order valence-corrected chi connectivity index (χ1v) is 8.23. The van der Waals surface area contributed by atoms with Gasteiger partial charge < -0.3 is 4.74 Å². The van der Waals surface area contributed by atoms with Crippen LogP contribution in [0, 0.1) is 29.1 Å². The number of ether oxygens (including phenoxy) is 1. The highest BCUT2D eigenvalue weighted by Gasteiger charge is 2.54. The number of esters is 1. The molecule has 0 aromatic carbocycles. The molecule has 108 valence electrons. The summed E-state index contributed by atoms with van der Waals surface area (Å²) in [6.07, 6.45) is 9.30. The SMILES string of the molecule is CCC(C)C(=O)OC(C)C12CC3CC(CC(C3)C1)C2. The van der Waals surface area contributed by atoms with Crippen molar-refractivity contribution in [2.75, 3.05) is 0 Å². The summed E-state index contributed by atoms with van der Waals surface area (Å²) >= 11 is 0. The summed E-state index contributed by atoms with van der Waals surface area (Å²) in [7, 11) is 0. The van der Waals surface area contributed by atoms with Crippen molar-refractivity contribution in [3.8, 4) is 0 Å². The Bertz CT molecular complexity index is 325. The molecule has 0 saturated heterocycles. The van der Waals surface area contributed by atoms with Crippen molar-refractivity contribution >= 4 is 5.97 Å². The van der Waals surface area contributed by atoms with Crippen molar-refractivity contribution in [1.29, 1.82) is 0 Å². The first-order valence-electron chi connectivity index (χ1n) is 8.23. The first-order chi connectivity index (χ1) is 9.02. The van der Waals surface area contributed by atoms with E-state index in [0.717, 1.165) is 24.2 Å². The molecule has 4 saturated carbocycles. The van der Waals surface area contributed by atoms with Crippen LogP contribution in [-0.2, 0) is 9.53 Å². The lowest BCUT2D eigenvalue weighted by atomic mass is 9.48. The molecule has 0 spiro atoms. The molecule has 4 aliphatic rings. The van der Waals surface area contributed by atoms with Crippen molar-refractivity contribution in [1.82, 2.24) is 0 Å². The van der Waals surface area contributed by atoms with Crippen LogP contribution in [-0.4, -0.2) is 12.1 Å². The van der Waals surface area contributed by atoms with Crippen molar-refractivity contribution in [3.63, 3.8) is 0 Å². The third kappa shape index (κ3) is 2.32. The summed E-state index contributed by atoms with van der Waals surface area (Å²) in [6.45, 7) is 6.20. The minimum Gasteiger partial charge on any atom is -0.462 e. The first kappa shape index (κ1) is 13.5. The molecular weight excluding hydrogens is 236 g/mol. The Hall–Kier alpha value is -0.530. The maximum absolute atomic E-state index is 12.1. The molecule has 4 fully saturated rings.